The maximum atomic E-state index is 14.2. The van der Waals surface area contributed by atoms with Crippen LogP contribution in [0.3, 0.4) is 0 Å². The Bertz CT molecular complexity index is 481. The summed E-state index contributed by atoms with van der Waals surface area (Å²) in [5.74, 6) is -1.08. The molecular weight excluding hydrogens is 354 g/mol. The van der Waals surface area contributed by atoms with Crippen LogP contribution in [-0.2, 0) is 9.53 Å². The Morgan fingerprint density at radius 1 is 1.33 bits per heavy atom. The van der Waals surface area contributed by atoms with E-state index in [0.717, 1.165) is 6.42 Å². The van der Waals surface area contributed by atoms with Gasteiger partial charge in [0.25, 0.3) is 0 Å². The summed E-state index contributed by atoms with van der Waals surface area (Å²) in [6.45, 7) is 1.96. The van der Waals surface area contributed by atoms with Crippen molar-refractivity contribution < 1.29 is 28.5 Å². The number of carbonyl (C=O) groups is 1. The van der Waals surface area contributed by atoms with E-state index in [-0.39, 0.29) is 12.4 Å². The van der Waals surface area contributed by atoms with Crippen molar-refractivity contribution in [2.45, 2.75) is 82.8 Å². The van der Waals surface area contributed by atoms with Gasteiger partial charge in [0, 0.05) is 24.7 Å². The van der Waals surface area contributed by atoms with Crippen LogP contribution in [0, 0.1) is 11.8 Å². The highest BCUT2D eigenvalue weighted by molar-refractivity contribution is 5.69. The molecule has 156 valence electrons. The number of alkyl halides is 2. The van der Waals surface area contributed by atoms with Gasteiger partial charge in [-0.2, -0.15) is 0 Å². The summed E-state index contributed by atoms with van der Waals surface area (Å²) in [6.07, 6.45) is 6.25. The first-order chi connectivity index (χ1) is 12.9. The fraction of sp³-hybridized carbons (Fsp3) is 0.762. The molecule has 0 spiro atoms. The summed E-state index contributed by atoms with van der Waals surface area (Å²) in [5, 5.41) is 20.0. The zero-order valence-electron chi connectivity index (χ0n) is 16.4. The van der Waals surface area contributed by atoms with Crippen LogP contribution >= 0.6 is 0 Å². The van der Waals surface area contributed by atoms with Gasteiger partial charge in [-0.1, -0.05) is 44.1 Å². The first kappa shape index (κ1) is 23.8. The molecule has 0 aromatic rings. The lowest BCUT2D eigenvalue weighted by Gasteiger charge is -2.19. The number of aliphatic hydroxyl groups excluding tert-OH is 2. The summed E-state index contributed by atoms with van der Waals surface area (Å²) in [5.41, 5.74) is 0. The molecule has 1 unspecified atom stereocenters. The van der Waals surface area contributed by atoms with Crippen LogP contribution in [0.25, 0.3) is 0 Å². The number of aliphatic hydroxyl groups is 2. The van der Waals surface area contributed by atoms with Crippen LogP contribution in [0.1, 0.15) is 58.3 Å². The van der Waals surface area contributed by atoms with Crippen molar-refractivity contribution in [3.8, 4) is 0 Å². The second kappa shape index (κ2) is 13.0. The van der Waals surface area contributed by atoms with Crippen molar-refractivity contribution in [2.75, 3.05) is 7.11 Å². The maximum absolute atomic E-state index is 14.2. The Labute approximate surface area is 161 Å². The zero-order valence-corrected chi connectivity index (χ0v) is 16.4. The van der Waals surface area contributed by atoms with Gasteiger partial charge in [0.15, 0.2) is 0 Å². The van der Waals surface area contributed by atoms with Gasteiger partial charge >= 0.3 is 5.97 Å². The van der Waals surface area contributed by atoms with Gasteiger partial charge in [0.05, 0.1) is 13.2 Å². The monoisotopic (exact) mass is 388 g/mol. The van der Waals surface area contributed by atoms with Crippen LogP contribution in [0.4, 0.5) is 8.78 Å². The molecule has 0 aromatic heterocycles. The van der Waals surface area contributed by atoms with Crippen molar-refractivity contribution in [2.24, 2.45) is 11.8 Å². The highest BCUT2D eigenvalue weighted by Gasteiger charge is 2.40. The molecule has 1 rings (SSSR count). The number of allylic oxidation sites excluding steroid dienone is 2. The fourth-order valence-electron chi connectivity index (χ4n) is 3.43. The molecule has 1 aliphatic carbocycles. The largest absolute Gasteiger partial charge is 0.469 e. The molecule has 0 saturated heterocycles. The Hall–Kier alpha value is -1.27. The minimum Gasteiger partial charge on any atom is -0.469 e. The van der Waals surface area contributed by atoms with Crippen LogP contribution in [0.2, 0.25) is 0 Å². The minimum absolute atomic E-state index is 0.0564. The molecule has 6 heteroatoms. The van der Waals surface area contributed by atoms with Gasteiger partial charge in [-0.05, 0) is 25.7 Å². The van der Waals surface area contributed by atoms with E-state index in [1.165, 1.54) is 13.2 Å². The standard InChI is InChI=1S/C21H34F2O4/c1-3-4-10-17(22)19(24)13-12-16-15(18(23)14-20(16)25)9-7-5-6-8-11-21(26)27-2/h5,7,12-13,15-20,24-25H,3-4,6,8-11,14H2,1-2H3/t15-,16-,17?,18+,19-,20-/m1/s1. The van der Waals surface area contributed by atoms with Crippen LogP contribution in [0.5, 0.6) is 0 Å². The van der Waals surface area contributed by atoms with Gasteiger partial charge in [-0.15, -0.1) is 0 Å². The number of methoxy groups -OCH3 is 1. The summed E-state index contributed by atoms with van der Waals surface area (Å²) in [4.78, 5) is 11.0. The van der Waals surface area contributed by atoms with E-state index in [4.69, 9.17) is 0 Å². The fourth-order valence-corrected chi connectivity index (χ4v) is 3.43. The van der Waals surface area contributed by atoms with Crippen molar-refractivity contribution >= 4 is 5.97 Å². The molecule has 0 amide bonds. The predicted octanol–water partition coefficient (Wildman–Crippen LogP) is 4.06. The van der Waals surface area contributed by atoms with Crippen LogP contribution in [0.15, 0.2) is 24.3 Å². The molecule has 1 aliphatic rings. The molecule has 6 atom stereocenters. The number of hydrogen-bond acceptors (Lipinski definition) is 4. The van der Waals surface area contributed by atoms with Crippen molar-refractivity contribution in [3.63, 3.8) is 0 Å². The van der Waals surface area contributed by atoms with E-state index in [2.05, 4.69) is 4.74 Å². The quantitative estimate of drug-likeness (QED) is 0.301. The van der Waals surface area contributed by atoms with Crippen molar-refractivity contribution in [1.29, 1.82) is 0 Å². The molecule has 0 aliphatic heterocycles. The van der Waals surface area contributed by atoms with E-state index >= 15 is 0 Å². The number of unbranched alkanes of at least 4 members (excludes halogenated alkanes) is 2. The van der Waals surface area contributed by atoms with E-state index in [9.17, 15) is 23.8 Å². The lowest BCUT2D eigenvalue weighted by atomic mass is 9.89. The molecule has 1 fully saturated rings. The molecule has 0 radical (unpaired) electrons. The first-order valence-corrected chi connectivity index (χ1v) is 9.95. The molecule has 1 saturated carbocycles. The maximum Gasteiger partial charge on any atom is 0.305 e. The van der Waals surface area contributed by atoms with E-state index in [0.29, 0.717) is 38.5 Å². The van der Waals surface area contributed by atoms with Gasteiger partial charge in [-0.3, -0.25) is 4.79 Å². The van der Waals surface area contributed by atoms with Crippen molar-refractivity contribution in [1.82, 2.24) is 0 Å². The van der Waals surface area contributed by atoms with Gasteiger partial charge in [0.2, 0.25) is 0 Å². The molecule has 2 N–H and O–H groups in total. The molecule has 4 nitrogen and oxygen atoms in total. The third-order valence-electron chi connectivity index (χ3n) is 5.16. The second-order valence-corrected chi connectivity index (χ2v) is 7.27. The highest BCUT2D eigenvalue weighted by Crippen LogP contribution is 2.38. The number of carbonyl (C=O) groups excluding carboxylic acids is 1. The molecule has 0 aromatic carbocycles. The van der Waals surface area contributed by atoms with Crippen LogP contribution < -0.4 is 0 Å². The Morgan fingerprint density at radius 2 is 2.07 bits per heavy atom. The average molecular weight is 388 g/mol. The SMILES string of the molecule is CCCCC(F)[C@H](O)C=C[C@@H]1[C@@H](CC=CCCCC(=O)OC)[C@@H](F)C[C@H]1O. The normalized spacial score (nSPS) is 28.1. The second-order valence-electron chi connectivity index (χ2n) is 7.27. The Morgan fingerprint density at radius 3 is 2.74 bits per heavy atom. The highest BCUT2D eigenvalue weighted by atomic mass is 19.1. The number of halogens is 2. The summed E-state index contributed by atoms with van der Waals surface area (Å²) < 4.78 is 32.7. The smallest absolute Gasteiger partial charge is 0.305 e. The molecule has 0 bridgehead atoms. The summed E-state index contributed by atoms with van der Waals surface area (Å²) in [6, 6.07) is 0. The predicted molar refractivity (Wildman–Crippen MR) is 102 cm³/mol. The van der Waals surface area contributed by atoms with E-state index < -0.39 is 36.4 Å². The summed E-state index contributed by atoms with van der Waals surface area (Å²) in [7, 11) is 1.35. The zero-order chi connectivity index (χ0) is 20.2. The van der Waals surface area contributed by atoms with Crippen molar-refractivity contribution in [3.05, 3.63) is 24.3 Å². The summed E-state index contributed by atoms with van der Waals surface area (Å²) >= 11 is 0. The number of hydrogen-bond donors (Lipinski definition) is 2. The minimum atomic E-state index is -1.34. The first-order valence-electron chi connectivity index (χ1n) is 9.95. The molecule has 27 heavy (non-hydrogen) atoms. The topological polar surface area (TPSA) is 66.8 Å². The van der Waals surface area contributed by atoms with Crippen LogP contribution in [-0.4, -0.2) is 47.8 Å². The number of rotatable bonds is 12. The Kier molecular flexibility index (Phi) is 11.4. The molecular formula is C21H34F2O4. The van der Waals surface area contributed by atoms with Gasteiger partial charge < -0.3 is 14.9 Å². The lowest BCUT2D eigenvalue weighted by Crippen LogP contribution is -2.22. The van der Waals surface area contributed by atoms with Gasteiger partial charge in [0.1, 0.15) is 18.4 Å². The number of esters is 1. The van der Waals surface area contributed by atoms with Gasteiger partial charge in [-0.25, -0.2) is 8.78 Å². The number of ether oxygens (including phenoxy) is 1. The van der Waals surface area contributed by atoms with E-state index in [1.807, 2.05) is 19.1 Å². The average Bonchev–Trinajstić information content (AvgIpc) is 2.92. The Balaban J connectivity index is 2.51. The third-order valence-corrected chi connectivity index (χ3v) is 5.16. The molecule has 0 heterocycles. The lowest BCUT2D eigenvalue weighted by molar-refractivity contribution is -0.140. The van der Waals surface area contributed by atoms with E-state index in [1.54, 1.807) is 6.08 Å². The third kappa shape index (κ3) is 8.52.